The van der Waals surface area contributed by atoms with Crippen LogP contribution in [0.4, 0.5) is 0 Å². The third kappa shape index (κ3) is 5.67. The first-order valence-corrected chi connectivity index (χ1v) is 4.85. The first-order valence-electron chi connectivity index (χ1n) is 4.85. The number of unbranched alkanes of at least 4 members (excludes halogenated alkanes) is 2. The summed E-state index contributed by atoms with van der Waals surface area (Å²) in [4.78, 5) is 21.2. The van der Waals surface area contributed by atoms with Crippen LogP contribution in [0.5, 0.6) is 0 Å². The fourth-order valence-electron chi connectivity index (χ4n) is 1.08. The molecule has 0 spiro atoms. The number of carboxylic acid groups (broad SMARTS) is 2. The van der Waals surface area contributed by atoms with Crippen molar-refractivity contribution in [2.45, 2.75) is 32.6 Å². The zero-order chi connectivity index (χ0) is 11.8. The minimum atomic E-state index is -1.19. The molecule has 0 aromatic carbocycles. The standard InChI is InChI=1S/C11H16O4/c1-3-4-5-6-9(11(14)15)7-8(2)10(12)13/h7H,2-6H2,1H3,(H,12,13)(H,14,15). The average Bonchev–Trinajstić information content (AvgIpc) is 2.15. The van der Waals surface area contributed by atoms with E-state index in [4.69, 9.17) is 10.2 Å². The Labute approximate surface area is 88.9 Å². The average molecular weight is 212 g/mol. The molecule has 0 fully saturated rings. The van der Waals surface area contributed by atoms with Gasteiger partial charge in [0.2, 0.25) is 0 Å². The van der Waals surface area contributed by atoms with Gasteiger partial charge in [0.25, 0.3) is 0 Å². The topological polar surface area (TPSA) is 74.6 Å². The van der Waals surface area contributed by atoms with Crippen LogP contribution in [0, 0.1) is 0 Å². The third-order valence-electron chi connectivity index (χ3n) is 1.95. The molecular formula is C11H16O4. The first-order chi connectivity index (χ1) is 6.99. The molecule has 0 aromatic heterocycles. The molecule has 4 heteroatoms. The van der Waals surface area contributed by atoms with Gasteiger partial charge in [-0.25, -0.2) is 9.59 Å². The predicted molar refractivity (Wildman–Crippen MR) is 56.6 cm³/mol. The van der Waals surface area contributed by atoms with Gasteiger partial charge in [-0.05, 0) is 18.9 Å². The predicted octanol–water partition coefficient (Wildman–Crippen LogP) is 2.22. The van der Waals surface area contributed by atoms with E-state index in [1.54, 1.807) is 0 Å². The van der Waals surface area contributed by atoms with E-state index in [-0.39, 0.29) is 11.1 Å². The van der Waals surface area contributed by atoms with Gasteiger partial charge in [-0.1, -0.05) is 26.3 Å². The van der Waals surface area contributed by atoms with E-state index < -0.39 is 11.9 Å². The lowest BCUT2D eigenvalue weighted by Gasteiger charge is -2.01. The molecule has 0 aliphatic carbocycles. The summed E-state index contributed by atoms with van der Waals surface area (Å²) >= 11 is 0. The van der Waals surface area contributed by atoms with E-state index in [0.717, 1.165) is 25.3 Å². The highest BCUT2D eigenvalue weighted by molar-refractivity contribution is 5.94. The van der Waals surface area contributed by atoms with E-state index in [9.17, 15) is 9.59 Å². The molecule has 0 bridgehead atoms. The first kappa shape index (κ1) is 13.4. The lowest BCUT2D eigenvalue weighted by Crippen LogP contribution is -2.04. The number of hydrogen-bond donors (Lipinski definition) is 2. The molecule has 0 aromatic rings. The molecule has 84 valence electrons. The molecule has 0 aliphatic heterocycles. The van der Waals surface area contributed by atoms with Gasteiger partial charge in [0.05, 0.1) is 5.57 Å². The Kier molecular flexibility index (Phi) is 6.09. The van der Waals surface area contributed by atoms with Crippen LogP contribution in [0.3, 0.4) is 0 Å². The second-order valence-electron chi connectivity index (χ2n) is 3.26. The molecule has 0 aliphatic rings. The second-order valence-corrected chi connectivity index (χ2v) is 3.26. The van der Waals surface area contributed by atoms with Crippen LogP contribution in [-0.4, -0.2) is 22.2 Å². The molecular weight excluding hydrogens is 196 g/mol. The lowest BCUT2D eigenvalue weighted by molar-refractivity contribution is -0.133. The molecule has 0 heterocycles. The summed E-state index contributed by atoms with van der Waals surface area (Å²) < 4.78 is 0. The molecule has 15 heavy (non-hydrogen) atoms. The van der Waals surface area contributed by atoms with Crippen LogP contribution >= 0.6 is 0 Å². The van der Waals surface area contributed by atoms with Crippen molar-refractivity contribution in [3.63, 3.8) is 0 Å². The van der Waals surface area contributed by atoms with Gasteiger partial charge in [0.1, 0.15) is 0 Å². The van der Waals surface area contributed by atoms with Crippen LogP contribution in [0.15, 0.2) is 23.8 Å². The summed E-state index contributed by atoms with van der Waals surface area (Å²) in [5, 5.41) is 17.3. The molecule has 0 saturated carbocycles. The van der Waals surface area contributed by atoms with Crippen LogP contribution in [0.25, 0.3) is 0 Å². The van der Waals surface area contributed by atoms with E-state index >= 15 is 0 Å². The molecule has 0 rings (SSSR count). The van der Waals surface area contributed by atoms with E-state index in [1.807, 2.05) is 6.92 Å². The summed E-state index contributed by atoms with van der Waals surface area (Å²) in [5.41, 5.74) is -0.0836. The quantitative estimate of drug-likeness (QED) is 0.385. The summed E-state index contributed by atoms with van der Waals surface area (Å²) in [7, 11) is 0. The van der Waals surface area contributed by atoms with Gasteiger partial charge in [-0.2, -0.15) is 0 Å². The van der Waals surface area contributed by atoms with Gasteiger partial charge < -0.3 is 10.2 Å². The summed E-state index contributed by atoms with van der Waals surface area (Å²) in [6.07, 6.45) is 4.19. The Bertz CT molecular complexity index is 289. The summed E-state index contributed by atoms with van der Waals surface area (Å²) in [6.45, 7) is 5.28. The van der Waals surface area contributed by atoms with Gasteiger partial charge >= 0.3 is 11.9 Å². The van der Waals surface area contributed by atoms with Gasteiger partial charge in [-0.3, -0.25) is 0 Å². The number of aliphatic carboxylic acids is 2. The highest BCUT2D eigenvalue weighted by Gasteiger charge is 2.09. The van der Waals surface area contributed by atoms with Crippen molar-refractivity contribution in [3.05, 3.63) is 23.8 Å². The van der Waals surface area contributed by atoms with Gasteiger partial charge in [0.15, 0.2) is 0 Å². The normalized spacial score (nSPS) is 11.1. The van der Waals surface area contributed by atoms with E-state index in [0.29, 0.717) is 6.42 Å². The molecule has 0 unspecified atom stereocenters. The van der Waals surface area contributed by atoms with E-state index in [2.05, 4.69) is 6.58 Å². The van der Waals surface area contributed by atoms with Gasteiger partial charge in [0, 0.05) is 5.57 Å². The minimum absolute atomic E-state index is 0.107. The van der Waals surface area contributed by atoms with Crippen molar-refractivity contribution < 1.29 is 19.8 Å². The number of carboxylic acids is 2. The largest absolute Gasteiger partial charge is 0.478 e. The van der Waals surface area contributed by atoms with Crippen molar-refractivity contribution in [2.24, 2.45) is 0 Å². The van der Waals surface area contributed by atoms with E-state index in [1.165, 1.54) is 0 Å². The zero-order valence-corrected chi connectivity index (χ0v) is 8.82. The Morgan fingerprint density at radius 3 is 2.20 bits per heavy atom. The lowest BCUT2D eigenvalue weighted by atomic mass is 10.1. The molecule has 0 saturated heterocycles. The van der Waals surface area contributed by atoms with Gasteiger partial charge in [-0.15, -0.1) is 0 Å². The monoisotopic (exact) mass is 212 g/mol. The number of carbonyl (C=O) groups is 2. The number of hydrogen-bond acceptors (Lipinski definition) is 2. The van der Waals surface area contributed by atoms with Crippen LogP contribution in [0.1, 0.15) is 32.6 Å². The van der Waals surface area contributed by atoms with Crippen molar-refractivity contribution in [1.82, 2.24) is 0 Å². The molecule has 0 atom stereocenters. The third-order valence-corrected chi connectivity index (χ3v) is 1.95. The zero-order valence-electron chi connectivity index (χ0n) is 8.82. The fraction of sp³-hybridized carbons (Fsp3) is 0.455. The fourth-order valence-corrected chi connectivity index (χ4v) is 1.08. The maximum absolute atomic E-state index is 10.7. The highest BCUT2D eigenvalue weighted by Crippen LogP contribution is 2.11. The van der Waals surface area contributed by atoms with Crippen molar-refractivity contribution in [3.8, 4) is 0 Å². The number of rotatable bonds is 7. The maximum atomic E-state index is 10.7. The molecule has 0 radical (unpaired) electrons. The van der Waals surface area contributed by atoms with Crippen LogP contribution in [0.2, 0.25) is 0 Å². The molecule has 0 amide bonds. The molecule has 2 N–H and O–H groups in total. The van der Waals surface area contributed by atoms with Crippen LogP contribution < -0.4 is 0 Å². The Hall–Kier alpha value is -1.58. The SMILES string of the molecule is C=C(C=C(CCCCC)C(=O)O)C(=O)O. The Morgan fingerprint density at radius 2 is 1.80 bits per heavy atom. The smallest absolute Gasteiger partial charge is 0.335 e. The second kappa shape index (κ2) is 6.81. The Morgan fingerprint density at radius 1 is 1.20 bits per heavy atom. The van der Waals surface area contributed by atoms with Crippen molar-refractivity contribution in [1.29, 1.82) is 0 Å². The maximum Gasteiger partial charge on any atom is 0.335 e. The Balaban J connectivity index is 4.45. The van der Waals surface area contributed by atoms with Crippen LogP contribution in [-0.2, 0) is 9.59 Å². The van der Waals surface area contributed by atoms with Crippen molar-refractivity contribution in [2.75, 3.05) is 0 Å². The minimum Gasteiger partial charge on any atom is -0.478 e. The molecule has 4 nitrogen and oxygen atoms in total. The van der Waals surface area contributed by atoms with Crippen molar-refractivity contribution >= 4 is 11.9 Å². The highest BCUT2D eigenvalue weighted by atomic mass is 16.4. The summed E-state index contributed by atoms with van der Waals surface area (Å²) in [6, 6.07) is 0. The summed E-state index contributed by atoms with van der Waals surface area (Å²) in [5.74, 6) is -2.27.